The number of rotatable bonds is 7. The van der Waals surface area contributed by atoms with E-state index in [0.717, 1.165) is 41.3 Å². The molecule has 1 unspecified atom stereocenters. The lowest BCUT2D eigenvalue weighted by Crippen LogP contribution is -2.47. The Bertz CT molecular complexity index is 1130. The summed E-state index contributed by atoms with van der Waals surface area (Å²) in [6, 6.07) is 26.0. The maximum absolute atomic E-state index is 13.8. The van der Waals surface area contributed by atoms with Crippen LogP contribution in [0.5, 0.6) is 0 Å². The number of carbonyl (C=O) groups is 2. The van der Waals surface area contributed by atoms with E-state index in [1.54, 1.807) is 17.1 Å². The molecule has 1 fully saturated rings. The third kappa shape index (κ3) is 6.03. The summed E-state index contributed by atoms with van der Waals surface area (Å²) in [5, 5.41) is 3.25. The van der Waals surface area contributed by atoms with Crippen LogP contribution in [0, 0.1) is 0 Å². The normalized spacial score (nSPS) is 15.1. The predicted molar refractivity (Wildman–Crippen MR) is 141 cm³/mol. The van der Waals surface area contributed by atoms with Crippen molar-refractivity contribution < 1.29 is 9.59 Å². The Morgan fingerprint density at radius 1 is 0.853 bits per heavy atom. The summed E-state index contributed by atoms with van der Waals surface area (Å²) >= 11 is 3.62. The van der Waals surface area contributed by atoms with Crippen molar-refractivity contribution in [1.29, 1.82) is 0 Å². The van der Waals surface area contributed by atoms with E-state index >= 15 is 0 Å². The number of amides is 2. The Kier molecular flexibility index (Phi) is 8.31. The van der Waals surface area contributed by atoms with Crippen LogP contribution in [0.25, 0.3) is 6.08 Å². The molecule has 1 atom stereocenters. The average molecular weight is 517 g/mol. The molecule has 4 nitrogen and oxygen atoms in total. The highest BCUT2D eigenvalue weighted by Gasteiger charge is 2.34. The predicted octanol–water partition coefficient (Wildman–Crippen LogP) is 6.69. The monoisotopic (exact) mass is 516 g/mol. The molecule has 0 aliphatic heterocycles. The van der Waals surface area contributed by atoms with Gasteiger partial charge in [-0.3, -0.25) is 14.5 Å². The maximum atomic E-state index is 13.8. The molecular weight excluding hydrogens is 488 g/mol. The van der Waals surface area contributed by atoms with Crippen LogP contribution in [0.2, 0.25) is 0 Å². The zero-order valence-electron chi connectivity index (χ0n) is 19.1. The number of para-hydroxylation sites is 1. The summed E-state index contributed by atoms with van der Waals surface area (Å²) in [5.41, 5.74) is 2.35. The van der Waals surface area contributed by atoms with E-state index in [2.05, 4.69) is 21.2 Å². The fraction of sp³-hybridized carbons (Fsp3) is 0.241. The molecule has 0 radical (unpaired) electrons. The first-order valence-corrected chi connectivity index (χ1v) is 12.6. The number of nitrogens with zero attached hydrogens (tertiary/aromatic N) is 1. The van der Waals surface area contributed by atoms with Crippen LogP contribution in [0.4, 0.5) is 5.69 Å². The van der Waals surface area contributed by atoms with Crippen molar-refractivity contribution >= 4 is 39.5 Å². The van der Waals surface area contributed by atoms with Crippen molar-refractivity contribution in [2.45, 2.75) is 44.2 Å². The van der Waals surface area contributed by atoms with Crippen molar-refractivity contribution in [1.82, 2.24) is 5.32 Å². The minimum absolute atomic E-state index is 0.138. The molecule has 1 aliphatic rings. The summed E-state index contributed by atoms with van der Waals surface area (Å²) in [6.07, 6.45) is 8.72. The molecular formula is C29H29BrN2O2. The van der Waals surface area contributed by atoms with Crippen LogP contribution in [0.3, 0.4) is 0 Å². The molecule has 3 aromatic carbocycles. The van der Waals surface area contributed by atoms with Gasteiger partial charge in [-0.25, -0.2) is 0 Å². The summed E-state index contributed by atoms with van der Waals surface area (Å²) in [6.45, 7) is 0. The highest BCUT2D eigenvalue weighted by molar-refractivity contribution is 9.10. The van der Waals surface area contributed by atoms with Gasteiger partial charge in [0.2, 0.25) is 5.91 Å². The van der Waals surface area contributed by atoms with Crippen molar-refractivity contribution in [3.63, 3.8) is 0 Å². The Morgan fingerprint density at radius 2 is 1.47 bits per heavy atom. The van der Waals surface area contributed by atoms with E-state index in [1.165, 1.54) is 6.42 Å². The Labute approximate surface area is 209 Å². The molecule has 3 aromatic rings. The lowest BCUT2D eigenvalue weighted by molar-refractivity contribution is -0.126. The van der Waals surface area contributed by atoms with Gasteiger partial charge in [-0.2, -0.15) is 0 Å². The van der Waals surface area contributed by atoms with Gasteiger partial charge in [0.05, 0.1) is 0 Å². The molecule has 0 heterocycles. The van der Waals surface area contributed by atoms with Gasteiger partial charge >= 0.3 is 0 Å². The van der Waals surface area contributed by atoms with Crippen LogP contribution >= 0.6 is 15.9 Å². The van der Waals surface area contributed by atoms with Gasteiger partial charge in [-0.15, -0.1) is 0 Å². The summed E-state index contributed by atoms with van der Waals surface area (Å²) < 4.78 is 0.791. The smallest absolute Gasteiger partial charge is 0.252 e. The summed E-state index contributed by atoms with van der Waals surface area (Å²) in [4.78, 5) is 29.1. The molecule has 0 saturated heterocycles. The Balaban J connectivity index is 1.74. The van der Waals surface area contributed by atoms with E-state index in [-0.39, 0.29) is 17.9 Å². The molecule has 0 bridgehead atoms. The van der Waals surface area contributed by atoms with Crippen LogP contribution in [-0.4, -0.2) is 17.9 Å². The van der Waals surface area contributed by atoms with Gasteiger partial charge in [-0.1, -0.05) is 102 Å². The average Bonchev–Trinajstić information content (AvgIpc) is 2.88. The maximum Gasteiger partial charge on any atom is 0.252 e. The molecule has 174 valence electrons. The van der Waals surface area contributed by atoms with Crippen molar-refractivity contribution in [2.75, 3.05) is 4.90 Å². The number of anilines is 1. The molecule has 1 aliphatic carbocycles. The number of halogens is 1. The number of benzene rings is 3. The molecule has 0 spiro atoms. The van der Waals surface area contributed by atoms with Gasteiger partial charge in [0.25, 0.3) is 5.91 Å². The summed E-state index contributed by atoms with van der Waals surface area (Å²) in [7, 11) is 0. The second-order valence-corrected chi connectivity index (χ2v) is 9.41. The fourth-order valence-corrected chi connectivity index (χ4v) is 4.93. The van der Waals surface area contributed by atoms with E-state index in [1.807, 2.05) is 84.9 Å². The first-order chi connectivity index (χ1) is 16.6. The van der Waals surface area contributed by atoms with Crippen LogP contribution < -0.4 is 10.2 Å². The minimum Gasteiger partial charge on any atom is -0.351 e. The molecule has 2 amide bonds. The second-order valence-electron chi connectivity index (χ2n) is 8.56. The third-order valence-electron chi connectivity index (χ3n) is 6.15. The van der Waals surface area contributed by atoms with Gasteiger partial charge in [-0.05, 0) is 48.2 Å². The lowest BCUT2D eigenvalue weighted by atomic mass is 9.94. The van der Waals surface area contributed by atoms with E-state index in [9.17, 15) is 9.59 Å². The fourth-order valence-electron chi connectivity index (χ4n) is 4.43. The zero-order valence-corrected chi connectivity index (χ0v) is 20.7. The van der Waals surface area contributed by atoms with Gasteiger partial charge in [0, 0.05) is 22.3 Å². The van der Waals surface area contributed by atoms with Crippen LogP contribution in [-0.2, 0) is 9.59 Å². The van der Waals surface area contributed by atoms with Gasteiger partial charge in [0.1, 0.15) is 6.04 Å². The topological polar surface area (TPSA) is 49.4 Å². The first kappa shape index (κ1) is 24.0. The zero-order chi connectivity index (χ0) is 23.8. The van der Waals surface area contributed by atoms with Crippen LogP contribution in [0.1, 0.15) is 49.3 Å². The van der Waals surface area contributed by atoms with E-state index in [0.29, 0.717) is 5.69 Å². The molecule has 1 saturated carbocycles. The number of hydrogen-bond acceptors (Lipinski definition) is 2. The number of carbonyl (C=O) groups excluding carboxylic acids is 2. The highest BCUT2D eigenvalue weighted by atomic mass is 79.9. The standard InChI is InChI=1S/C29H29BrN2O2/c30-26-19-11-10-18-25(26)28(29(34)31-23-14-6-2-7-15-23)32(24-16-8-3-9-17-24)27(33)21-20-22-12-4-1-5-13-22/h1,3-5,8-13,16-21,23,28H,2,6-7,14-15H2,(H,31,34)/b21-20+. The molecule has 1 N–H and O–H groups in total. The van der Waals surface area contributed by atoms with Crippen molar-refractivity contribution in [3.8, 4) is 0 Å². The molecule has 5 heteroatoms. The Morgan fingerprint density at radius 3 is 2.15 bits per heavy atom. The lowest BCUT2D eigenvalue weighted by Gasteiger charge is -2.33. The van der Waals surface area contributed by atoms with E-state index in [4.69, 9.17) is 0 Å². The number of hydrogen-bond donors (Lipinski definition) is 1. The Hall–Kier alpha value is -3.18. The quantitative estimate of drug-likeness (QED) is 0.355. The van der Waals surface area contributed by atoms with Crippen LogP contribution in [0.15, 0.2) is 95.5 Å². The first-order valence-electron chi connectivity index (χ1n) is 11.8. The SMILES string of the molecule is O=C(NC1CCCCC1)C(c1ccccc1Br)N(C(=O)/C=C/c1ccccc1)c1ccccc1. The van der Waals surface area contributed by atoms with Gasteiger partial charge in [0.15, 0.2) is 0 Å². The second kappa shape index (κ2) is 11.8. The van der Waals surface area contributed by atoms with E-state index < -0.39 is 6.04 Å². The highest BCUT2D eigenvalue weighted by Crippen LogP contribution is 2.33. The third-order valence-corrected chi connectivity index (χ3v) is 6.87. The minimum atomic E-state index is -0.812. The number of nitrogens with one attached hydrogen (secondary N) is 1. The molecule has 4 rings (SSSR count). The van der Waals surface area contributed by atoms with Crippen molar-refractivity contribution in [3.05, 3.63) is 107 Å². The van der Waals surface area contributed by atoms with Gasteiger partial charge < -0.3 is 5.32 Å². The largest absolute Gasteiger partial charge is 0.351 e. The van der Waals surface area contributed by atoms with Crippen molar-refractivity contribution in [2.24, 2.45) is 0 Å². The summed E-state index contributed by atoms with van der Waals surface area (Å²) in [5.74, 6) is -0.418. The molecule has 0 aromatic heterocycles. The molecule has 34 heavy (non-hydrogen) atoms.